The van der Waals surface area contributed by atoms with Crippen LogP contribution >= 0.6 is 22.7 Å². The average Bonchev–Trinajstić information content (AvgIpc) is 3.56. The van der Waals surface area contributed by atoms with Gasteiger partial charge in [0.1, 0.15) is 20.7 Å². The molecule has 0 atom stereocenters. The number of benzene rings is 4. The number of fused-ring (bicyclic) bond motifs is 2. The van der Waals surface area contributed by atoms with E-state index in [9.17, 15) is 35.3 Å². The van der Waals surface area contributed by atoms with Crippen molar-refractivity contribution in [3.8, 4) is 21.1 Å². The molecule has 43 heavy (non-hydrogen) atoms. The Morgan fingerprint density at radius 1 is 0.884 bits per heavy atom. The quantitative estimate of drug-likeness (QED) is 0.145. The van der Waals surface area contributed by atoms with E-state index in [0.717, 1.165) is 33.7 Å². The molecule has 0 bridgehead atoms. The zero-order chi connectivity index (χ0) is 30.7. The van der Waals surface area contributed by atoms with E-state index in [1.165, 1.54) is 23.5 Å². The Labute approximate surface area is 249 Å². The van der Waals surface area contributed by atoms with Crippen LogP contribution in [-0.2, 0) is 16.3 Å². The molecule has 1 amide bonds. The highest BCUT2D eigenvalue weighted by Crippen LogP contribution is 2.39. The molecule has 0 aliphatic carbocycles. The topological polar surface area (TPSA) is 109 Å². The summed E-state index contributed by atoms with van der Waals surface area (Å²) in [6.07, 6.45) is -4.90. The fraction of sp³-hybridized carbons (Fsp3) is 0.0690. The van der Waals surface area contributed by atoms with Crippen LogP contribution in [0.3, 0.4) is 0 Å². The normalized spacial score (nSPS) is 12.2. The second kappa shape index (κ2) is 10.5. The molecule has 6 aromatic rings. The summed E-state index contributed by atoms with van der Waals surface area (Å²) in [6.45, 7) is 1.60. The Balaban J connectivity index is 1.27. The summed E-state index contributed by atoms with van der Waals surface area (Å²) in [5.41, 5.74) is 0.675. The van der Waals surface area contributed by atoms with Gasteiger partial charge in [-0.25, -0.2) is 14.4 Å². The number of carbonyl (C=O) groups is 1. The van der Waals surface area contributed by atoms with Crippen LogP contribution in [0.15, 0.2) is 77.7 Å². The summed E-state index contributed by atoms with van der Waals surface area (Å²) in [6, 6.07) is 17.3. The van der Waals surface area contributed by atoms with Crippen molar-refractivity contribution in [3.63, 3.8) is 0 Å². The maximum Gasteiger partial charge on any atom is 0.417 e. The van der Waals surface area contributed by atoms with E-state index in [2.05, 4.69) is 15.3 Å². The monoisotopic (exact) mass is 643 g/mol. The SMILES string of the molecule is Cc1ccc2nc(-c3ccc4nc(-c5ccc(NC(=O)c6c(F)cccc6C(F)(F)F)cc5)sc4c3)sc2c1S(=O)(=O)O. The van der Waals surface area contributed by atoms with E-state index in [0.29, 0.717) is 42.9 Å². The lowest BCUT2D eigenvalue weighted by Crippen LogP contribution is -2.20. The van der Waals surface area contributed by atoms with Crippen molar-refractivity contribution in [2.45, 2.75) is 18.0 Å². The predicted octanol–water partition coefficient (Wildman–Crippen LogP) is 8.21. The van der Waals surface area contributed by atoms with Crippen molar-refractivity contribution in [2.75, 3.05) is 5.32 Å². The smallest absolute Gasteiger partial charge is 0.322 e. The van der Waals surface area contributed by atoms with Crippen LogP contribution in [0.5, 0.6) is 0 Å². The van der Waals surface area contributed by atoms with Gasteiger partial charge in [-0.3, -0.25) is 9.35 Å². The molecule has 0 radical (unpaired) electrons. The molecule has 2 heterocycles. The van der Waals surface area contributed by atoms with Crippen molar-refractivity contribution >= 4 is 64.8 Å². The third-order valence-corrected chi connectivity index (χ3v) is 9.91. The standard InChI is InChI=1S/C29H17F4N3O4S3/c1-14-5-11-21-24(25(14)43(38,39)40)42-28(36-21)16-8-12-20-22(13-16)41-27(35-20)15-6-9-17(10-7-15)34-26(37)23-18(29(31,32)33)3-2-4-19(23)30/h2-13H,1H3,(H,34,37)(H,38,39,40). The van der Waals surface area contributed by atoms with Gasteiger partial charge in [-0.05, 0) is 73.2 Å². The van der Waals surface area contributed by atoms with Crippen LogP contribution in [0.4, 0.5) is 23.2 Å². The highest BCUT2D eigenvalue weighted by atomic mass is 32.2. The maximum absolute atomic E-state index is 14.2. The van der Waals surface area contributed by atoms with Gasteiger partial charge in [0.2, 0.25) is 0 Å². The maximum atomic E-state index is 14.2. The first kappa shape index (κ1) is 28.9. The molecule has 7 nitrogen and oxygen atoms in total. The van der Waals surface area contributed by atoms with Gasteiger partial charge in [0, 0.05) is 16.8 Å². The molecule has 0 unspecified atom stereocenters. The second-order valence-corrected chi connectivity index (χ2v) is 12.8. The van der Waals surface area contributed by atoms with E-state index in [4.69, 9.17) is 0 Å². The van der Waals surface area contributed by atoms with Crippen LogP contribution in [0.2, 0.25) is 0 Å². The van der Waals surface area contributed by atoms with E-state index in [-0.39, 0.29) is 10.6 Å². The number of nitrogens with zero attached hydrogens (tertiary/aromatic N) is 2. The lowest BCUT2D eigenvalue weighted by molar-refractivity contribution is -0.138. The lowest BCUT2D eigenvalue weighted by atomic mass is 10.1. The molecule has 218 valence electrons. The molecule has 0 saturated heterocycles. The van der Waals surface area contributed by atoms with Crippen LogP contribution in [0, 0.1) is 12.7 Å². The van der Waals surface area contributed by atoms with Gasteiger partial charge in [-0.2, -0.15) is 21.6 Å². The van der Waals surface area contributed by atoms with Gasteiger partial charge in [0.25, 0.3) is 16.0 Å². The number of thiazole rings is 2. The Bertz CT molecular complexity index is 2170. The number of carbonyl (C=O) groups excluding carboxylic acids is 1. The third-order valence-electron chi connectivity index (χ3n) is 6.54. The van der Waals surface area contributed by atoms with Crippen LogP contribution in [0.1, 0.15) is 21.5 Å². The summed E-state index contributed by atoms with van der Waals surface area (Å²) < 4.78 is 89.0. The van der Waals surface area contributed by atoms with Gasteiger partial charge in [0.05, 0.1) is 31.6 Å². The summed E-state index contributed by atoms with van der Waals surface area (Å²) in [4.78, 5) is 21.6. The number of aromatic nitrogens is 2. The summed E-state index contributed by atoms with van der Waals surface area (Å²) >= 11 is 2.52. The Morgan fingerprint density at radius 3 is 2.23 bits per heavy atom. The van der Waals surface area contributed by atoms with E-state index >= 15 is 0 Å². The molecule has 4 aromatic carbocycles. The predicted molar refractivity (Wildman–Crippen MR) is 158 cm³/mol. The van der Waals surface area contributed by atoms with Crippen molar-refractivity contribution in [2.24, 2.45) is 0 Å². The van der Waals surface area contributed by atoms with Crippen LogP contribution < -0.4 is 5.32 Å². The van der Waals surface area contributed by atoms with E-state index in [1.807, 2.05) is 6.07 Å². The molecule has 0 fully saturated rings. The zero-order valence-electron chi connectivity index (χ0n) is 21.7. The molecular formula is C29H17F4N3O4S3. The molecule has 2 N–H and O–H groups in total. The number of halogens is 4. The number of hydrogen-bond donors (Lipinski definition) is 2. The first-order valence-corrected chi connectivity index (χ1v) is 15.4. The molecule has 0 spiro atoms. The second-order valence-electron chi connectivity index (χ2n) is 9.45. The van der Waals surface area contributed by atoms with Crippen molar-refractivity contribution in [1.29, 1.82) is 0 Å². The van der Waals surface area contributed by atoms with Gasteiger partial charge in [-0.15, -0.1) is 22.7 Å². The molecule has 0 aliphatic heterocycles. The average molecular weight is 644 g/mol. The number of alkyl halides is 3. The van der Waals surface area contributed by atoms with E-state index in [1.54, 1.807) is 43.3 Å². The number of anilines is 1. The number of amides is 1. The van der Waals surface area contributed by atoms with Crippen LogP contribution in [-0.4, -0.2) is 28.8 Å². The largest absolute Gasteiger partial charge is 0.417 e. The zero-order valence-corrected chi connectivity index (χ0v) is 24.2. The molecule has 6 rings (SSSR count). The van der Waals surface area contributed by atoms with E-state index < -0.39 is 39.1 Å². The third kappa shape index (κ3) is 5.49. The molecule has 2 aromatic heterocycles. The molecule has 0 aliphatic rings. The Hall–Kier alpha value is -4.24. The highest BCUT2D eigenvalue weighted by molar-refractivity contribution is 7.86. The Kier molecular flexibility index (Phi) is 7.04. The number of rotatable bonds is 5. The summed E-state index contributed by atoms with van der Waals surface area (Å²) in [5, 5.41) is 3.51. The first-order valence-electron chi connectivity index (χ1n) is 12.4. The van der Waals surface area contributed by atoms with Crippen molar-refractivity contribution < 1.29 is 35.3 Å². The van der Waals surface area contributed by atoms with Crippen LogP contribution in [0.25, 0.3) is 41.6 Å². The highest BCUT2D eigenvalue weighted by Gasteiger charge is 2.36. The van der Waals surface area contributed by atoms with Gasteiger partial charge in [-0.1, -0.05) is 12.1 Å². The molecule has 14 heteroatoms. The number of nitrogens with one attached hydrogen (secondary N) is 1. The number of aryl methyl sites for hydroxylation is 1. The minimum Gasteiger partial charge on any atom is -0.322 e. The lowest BCUT2D eigenvalue weighted by Gasteiger charge is -2.13. The minimum absolute atomic E-state index is 0.163. The first-order chi connectivity index (χ1) is 20.3. The minimum atomic E-state index is -4.90. The molecule has 0 saturated carbocycles. The summed E-state index contributed by atoms with van der Waals surface area (Å²) in [7, 11) is -4.45. The van der Waals surface area contributed by atoms with Gasteiger partial charge < -0.3 is 5.32 Å². The Morgan fingerprint density at radius 2 is 1.53 bits per heavy atom. The summed E-state index contributed by atoms with van der Waals surface area (Å²) in [5.74, 6) is -2.50. The van der Waals surface area contributed by atoms with Gasteiger partial charge in [0.15, 0.2) is 0 Å². The fourth-order valence-electron chi connectivity index (χ4n) is 4.57. The van der Waals surface area contributed by atoms with Crippen molar-refractivity contribution in [3.05, 3.63) is 95.3 Å². The van der Waals surface area contributed by atoms with Gasteiger partial charge >= 0.3 is 6.18 Å². The molecular weight excluding hydrogens is 627 g/mol. The fourth-order valence-corrected chi connectivity index (χ4v) is 7.89. The number of hydrogen-bond acceptors (Lipinski definition) is 7. The van der Waals surface area contributed by atoms with Crippen molar-refractivity contribution in [1.82, 2.24) is 9.97 Å².